The largest absolute Gasteiger partial charge is 0.325 e. The topological polar surface area (TPSA) is 83.6 Å². The predicted octanol–water partition coefficient (Wildman–Crippen LogP) is 2.78. The van der Waals surface area contributed by atoms with Gasteiger partial charge < -0.3 is 5.32 Å². The van der Waals surface area contributed by atoms with Crippen molar-refractivity contribution in [3.63, 3.8) is 0 Å². The Hall–Kier alpha value is -3.02. The SMILES string of the molecule is Cc1cccc(C[C@H](C(=O)Nc2ccccc2C)c2nn[nH]n2)c1. The van der Waals surface area contributed by atoms with Crippen molar-refractivity contribution in [3.8, 4) is 0 Å². The summed E-state index contributed by atoms with van der Waals surface area (Å²) >= 11 is 0. The molecule has 0 unspecified atom stereocenters. The van der Waals surface area contributed by atoms with E-state index in [9.17, 15) is 4.79 Å². The number of amides is 1. The molecule has 0 bridgehead atoms. The average Bonchev–Trinajstić information content (AvgIpc) is 3.09. The number of H-pyrrole nitrogens is 1. The van der Waals surface area contributed by atoms with Gasteiger partial charge in [0, 0.05) is 5.69 Å². The van der Waals surface area contributed by atoms with Gasteiger partial charge in [-0.05, 0) is 37.5 Å². The number of aromatic amines is 1. The summed E-state index contributed by atoms with van der Waals surface area (Å²) in [6.07, 6.45) is 0.513. The van der Waals surface area contributed by atoms with E-state index in [-0.39, 0.29) is 5.91 Å². The molecule has 0 saturated carbocycles. The fourth-order valence-corrected chi connectivity index (χ4v) is 2.63. The van der Waals surface area contributed by atoms with Crippen LogP contribution in [0, 0.1) is 13.8 Å². The third kappa shape index (κ3) is 3.65. The maximum Gasteiger partial charge on any atom is 0.235 e. The molecular formula is C18H19N5O. The fraction of sp³-hybridized carbons (Fsp3) is 0.222. The van der Waals surface area contributed by atoms with Crippen molar-refractivity contribution in [2.24, 2.45) is 0 Å². The van der Waals surface area contributed by atoms with Crippen LogP contribution in [0.1, 0.15) is 28.4 Å². The Bertz CT molecular complexity index is 829. The number of hydrogen-bond donors (Lipinski definition) is 2. The van der Waals surface area contributed by atoms with Crippen molar-refractivity contribution in [2.45, 2.75) is 26.2 Å². The number of carbonyl (C=O) groups excluding carboxylic acids is 1. The van der Waals surface area contributed by atoms with Crippen LogP contribution in [-0.4, -0.2) is 26.5 Å². The van der Waals surface area contributed by atoms with Crippen LogP contribution < -0.4 is 5.32 Å². The Morgan fingerprint density at radius 1 is 1.17 bits per heavy atom. The van der Waals surface area contributed by atoms with Crippen LogP contribution in [0.3, 0.4) is 0 Å². The van der Waals surface area contributed by atoms with Crippen molar-refractivity contribution in [1.29, 1.82) is 0 Å². The first-order chi connectivity index (χ1) is 11.6. The lowest BCUT2D eigenvalue weighted by atomic mass is 9.96. The van der Waals surface area contributed by atoms with Crippen molar-refractivity contribution in [2.75, 3.05) is 5.32 Å². The molecule has 2 N–H and O–H groups in total. The zero-order valence-corrected chi connectivity index (χ0v) is 13.7. The predicted molar refractivity (Wildman–Crippen MR) is 91.6 cm³/mol. The van der Waals surface area contributed by atoms with Gasteiger partial charge in [0.15, 0.2) is 5.82 Å². The van der Waals surface area contributed by atoms with Crippen LogP contribution >= 0.6 is 0 Å². The highest BCUT2D eigenvalue weighted by atomic mass is 16.1. The highest BCUT2D eigenvalue weighted by molar-refractivity contribution is 5.96. The summed E-state index contributed by atoms with van der Waals surface area (Å²) in [5, 5.41) is 17.0. The molecule has 0 aliphatic carbocycles. The van der Waals surface area contributed by atoms with Gasteiger partial charge in [-0.3, -0.25) is 4.79 Å². The van der Waals surface area contributed by atoms with E-state index >= 15 is 0 Å². The summed E-state index contributed by atoms with van der Waals surface area (Å²) in [4.78, 5) is 12.8. The maximum atomic E-state index is 12.8. The minimum atomic E-state index is -0.509. The van der Waals surface area contributed by atoms with Crippen LogP contribution in [0.4, 0.5) is 5.69 Å². The molecule has 122 valence electrons. The number of carbonyl (C=O) groups is 1. The van der Waals surface area contributed by atoms with Crippen LogP contribution in [0.15, 0.2) is 48.5 Å². The number of nitrogens with one attached hydrogen (secondary N) is 2. The molecule has 2 aromatic carbocycles. The summed E-state index contributed by atoms with van der Waals surface area (Å²) in [5.41, 5.74) is 4.01. The Labute approximate surface area is 140 Å². The van der Waals surface area contributed by atoms with Crippen LogP contribution in [0.5, 0.6) is 0 Å². The number of aryl methyl sites for hydroxylation is 2. The molecule has 6 nitrogen and oxygen atoms in total. The van der Waals surface area contributed by atoms with Crippen molar-refractivity contribution < 1.29 is 4.79 Å². The summed E-state index contributed by atoms with van der Waals surface area (Å²) in [6.45, 7) is 3.99. The molecule has 1 heterocycles. The zero-order valence-electron chi connectivity index (χ0n) is 13.7. The lowest BCUT2D eigenvalue weighted by Gasteiger charge is -2.15. The van der Waals surface area contributed by atoms with Gasteiger partial charge in [0.25, 0.3) is 0 Å². The summed E-state index contributed by atoms with van der Waals surface area (Å²) in [5.74, 6) is -0.264. The molecule has 0 radical (unpaired) electrons. The van der Waals surface area contributed by atoms with E-state index in [1.165, 1.54) is 0 Å². The van der Waals surface area contributed by atoms with E-state index in [1.54, 1.807) is 0 Å². The molecule has 1 amide bonds. The summed E-state index contributed by atoms with van der Waals surface area (Å²) < 4.78 is 0. The van der Waals surface area contributed by atoms with Gasteiger partial charge in [-0.25, -0.2) is 0 Å². The molecule has 0 aliphatic heterocycles. The molecule has 0 fully saturated rings. The van der Waals surface area contributed by atoms with Gasteiger partial charge in [0.1, 0.15) is 5.92 Å². The number of benzene rings is 2. The number of aromatic nitrogens is 4. The lowest BCUT2D eigenvalue weighted by Crippen LogP contribution is -2.24. The molecule has 24 heavy (non-hydrogen) atoms. The van der Waals surface area contributed by atoms with Crippen LogP contribution in [0.2, 0.25) is 0 Å². The number of nitrogens with zero attached hydrogens (tertiary/aromatic N) is 3. The highest BCUT2D eigenvalue weighted by Gasteiger charge is 2.25. The van der Waals surface area contributed by atoms with E-state index in [0.29, 0.717) is 12.2 Å². The molecule has 0 spiro atoms. The number of tetrazole rings is 1. The quantitative estimate of drug-likeness (QED) is 0.757. The second kappa shape index (κ2) is 7.04. The van der Waals surface area contributed by atoms with Crippen molar-refractivity contribution in [3.05, 3.63) is 71.0 Å². The Morgan fingerprint density at radius 2 is 2.00 bits per heavy atom. The second-order valence-corrected chi connectivity index (χ2v) is 5.82. The van der Waals surface area contributed by atoms with E-state index < -0.39 is 5.92 Å². The van der Waals surface area contributed by atoms with Crippen molar-refractivity contribution >= 4 is 11.6 Å². The van der Waals surface area contributed by atoms with Gasteiger partial charge in [0.2, 0.25) is 5.91 Å². The van der Waals surface area contributed by atoms with E-state index in [4.69, 9.17) is 0 Å². The molecule has 3 aromatic rings. The molecule has 3 rings (SSSR count). The molecule has 1 atom stereocenters. The molecule has 0 saturated heterocycles. The first-order valence-corrected chi connectivity index (χ1v) is 7.79. The van der Waals surface area contributed by atoms with Crippen LogP contribution in [0.25, 0.3) is 0 Å². The van der Waals surface area contributed by atoms with Gasteiger partial charge in [-0.1, -0.05) is 53.2 Å². The number of rotatable bonds is 5. The van der Waals surface area contributed by atoms with E-state index in [0.717, 1.165) is 22.4 Å². The van der Waals surface area contributed by atoms with Crippen LogP contribution in [-0.2, 0) is 11.2 Å². The Morgan fingerprint density at radius 3 is 2.71 bits per heavy atom. The normalized spacial score (nSPS) is 11.9. The molecule has 0 aliphatic rings. The van der Waals surface area contributed by atoms with Gasteiger partial charge in [0.05, 0.1) is 0 Å². The minimum Gasteiger partial charge on any atom is -0.325 e. The van der Waals surface area contributed by atoms with E-state index in [2.05, 4.69) is 32.0 Å². The number of para-hydroxylation sites is 1. The summed E-state index contributed by atoms with van der Waals surface area (Å²) in [7, 11) is 0. The third-order valence-corrected chi connectivity index (χ3v) is 3.92. The highest BCUT2D eigenvalue weighted by Crippen LogP contribution is 2.22. The first kappa shape index (κ1) is 15.9. The Balaban J connectivity index is 1.85. The maximum absolute atomic E-state index is 12.8. The van der Waals surface area contributed by atoms with Gasteiger partial charge in [-0.15, -0.1) is 10.2 Å². The molecular weight excluding hydrogens is 302 g/mol. The summed E-state index contributed by atoms with van der Waals surface area (Å²) in [6, 6.07) is 15.8. The minimum absolute atomic E-state index is 0.146. The smallest absolute Gasteiger partial charge is 0.235 e. The van der Waals surface area contributed by atoms with Gasteiger partial charge in [-0.2, -0.15) is 5.21 Å². The average molecular weight is 321 g/mol. The second-order valence-electron chi connectivity index (χ2n) is 5.82. The number of anilines is 1. The Kier molecular flexibility index (Phi) is 4.65. The molecule has 1 aromatic heterocycles. The van der Waals surface area contributed by atoms with Crippen molar-refractivity contribution in [1.82, 2.24) is 20.6 Å². The van der Waals surface area contributed by atoms with E-state index in [1.807, 2.05) is 56.3 Å². The fourth-order valence-electron chi connectivity index (χ4n) is 2.63. The molecule has 6 heteroatoms. The standard InChI is InChI=1S/C18H19N5O/c1-12-6-5-8-14(10-12)11-15(17-20-22-23-21-17)18(24)19-16-9-4-3-7-13(16)2/h3-10,15H,11H2,1-2H3,(H,19,24)(H,20,21,22,23)/t15-/m0/s1. The first-order valence-electron chi connectivity index (χ1n) is 7.79. The third-order valence-electron chi connectivity index (χ3n) is 3.92. The van der Waals surface area contributed by atoms with Gasteiger partial charge >= 0.3 is 0 Å². The monoisotopic (exact) mass is 321 g/mol. The zero-order chi connectivity index (χ0) is 16.9. The number of hydrogen-bond acceptors (Lipinski definition) is 4. The lowest BCUT2D eigenvalue weighted by molar-refractivity contribution is -0.117.